The molecule has 84 valence electrons. The van der Waals surface area contributed by atoms with Gasteiger partial charge < -0.3 is 5.11 Å². The number of hydrogen-bond donors (Lipinski definition) is 2. The molecule has 1 aliphatic rings. The Morgan fingerprint density at radius 1 is 1.44 bits per heavy atom. The Balaban J connectivity index is 1.70. The summed E-state index contributed by atoms with van der Waals surface area (Å²) in [7, 11) is 0. The first kappa shape index (κ1) is 9.81. The summed E-state index contributed by atoms with van der Waals surface area (Å²) in [4.78, 5) is 2.35. The Hall–Kier alpha value is -1.39. The van der Waals surface area contributed by atoms with Crippen LogP contribution in [0.3, 0.4) is 0 Å². The maximum atomic E-state index is 8.94. The molecule has 4 nitrogen and oxygen atoms in total. The SMILES string of the molecule is OCC1CN(Cc2ccc3cn[nH]c3c2)C1. The highest BCUT2D eigenvalue weighted by Gasteiger charge is 2.25. The number of likely N-dealkylation sites (tertiary alicyclic amines) is 1. The van der Waals surface area contributed by atoms with Crippen molar-refractivity contribution in [1.29, 1.82) is 0 Å². The fourth-order valence-electron chi connectivity index (χ4n) is 2.26. The van der Waals surface area contributed by atoms with Gasteiger partial charge in [-0.3, -0.25) is 10.00 Å². The molecule has 0 amide bonds. The van der Waals surface area contributed by atoms with Crippen LogP contribution in [0.2, 0.25) is 0 Å². The number of aromatic nitrogens is 2. The number of aliphatic hydroxyl groups excluding tert-OH is 1. The summed E-state index contributed by atoms with van der Waals surface area (Å²) in [6, 6.07) is 6.39. The van der Waals surface area contributed by atoms with E-state index in [1.807, 2.05) is 6.20 Å². The molecule has 1 fully saturated rings. The van der Waals surface area contributed by atoms with Crippen molar-refractivity contribution in [2.75, 3.05) is 19.7 Å². The monoisotopic (exact) mass is 217 g/mol. The quantitative estimate of drug-likeness (QED) is 0.806. The molecule has 0 saturated carbocycles. The summed E-state index contributed by atoms with van der Waals surface area (Å²) in [5.74, 6) is 0.482. The Labute approximate surface area is 93.9 Å². The highest BCUT2D eigenvalue weighted by atomic mass is 16.3. The van der Waals surface area contributed by atoms with E-state index in [4.69, 9.17) is 5.11 Å². The smallest absolute Gasteiger partial charge is 0.0653 e. The standard InChI is InChI=1S/C12H15N3O/c16-8-10-6-15(7-10)5-9-1-2-11-4-13-14-12(11)3-9/h1-4,10,16H,5-8H2,(H,13,14). The number of hydrogen-bond acceptors (Lipinski definition) is 3. The second kappa shape index (κ2) is 3.88. The molecule has 1 aromatic heterocycles. The van der Waals surface area contributed by atoms with Crippen LogP contribution in [0.15, 0.2) is 24.4 Å². The molecule has 3 rings (SSSR count). The molecule has 1 aromatic carbocycles. The van der Waals surface area contributed by atoms with Crippen LogP contribution in [0.5, 0.6) is 0 Å². The van der Waals surface area contributed by atoms with Gasteiger partial charge in [-0.15, -0.1) is 0 Å². The second-order valence-electron chi connectivity index (χ2n) is 4.53. The highest BCUT2D eigenvalue weighted by Crippen LogP contribution is 2.20. The number of nitrogens with zero attached hydrogens (tertiary/aromatic N) is 2. The molecule has 2 aromatic rings. The minimum atomic E-state index is 0.316. The van der Waals surface area contributed by atoms with Crippen molar-refractivity contribution >= 4 is 10.9 Å². The summed E-state index contributed by atoms with van der Waals surface area (Å²) in [6.45, 7) is 3.30. The predicted molar refractivity (Wildman–Crippen MR) is 61.9 cm³/mol. The Morgan fingerprint density at radius 2 is 2.31 bits per heavy atom. The van der Waals surface area contributed by atoms with E-state index in [1.54, 1.807) is 0 Å². The van der Waals surface area contributed by atoms with Crippen molar-refractivity contribution in [1.82, 2.24) is 15.1 Å². The predicted octanol–water partition coefficient (Wildman–Crippen LogP) is 0.987. The summed E-state index contributed by atoms with van der Waals surface area (Å²) in [5, 5.41) is 17.1. The molecular weight excluding hydrogens is 202 g/mol. The molecule has 0 unspecified atom stereocenters. The van der Waals surface area contributed by atoms with Gasteiger partial charge in [0, 0.05) is 37.5 Å². The number of aromatic amines is 1. The summed E-state index contributed by atoms with van der Waals surface area (Å²) in [5.41, 5.74) is 2.39. The van der Waals surface area contributed by atoms with E-state index in [-0.39, 0.29) is 0 Å². The Bertz CT molecular complexity index is 488. The lowest BCUT2D eigenvalue weighted by molar-refractivity contribution is 0.0479. The third kappa shape index (κ3) is 1.70. The fourth-order valence-corrected chi connectivity index (χ4v) is 2.26. The first-order chi connectivity index (χ1) is 7.85. The highest BCUT2D eigenvalue weighted by molar-refractivity contribution is 5.78. The average molecular weight is 217 g/mol. The van der Waals surface area contributed by atoms with E-state index >= 15 is 0 Å². The third-order valence-corrected chi connectivity index (χ3v) is 3.20. The van der Waals surface area contributed by atoms with E-state index in [0.29, 0.717) is 12.5 Å². The van der Waals surface area contributed by atoms with Gasteiger partial charge in [0.05, 0.1) is 11.7 Å². The molecule has 2 heterocycles. The van der Waals surface area contributed by atoms with Crippen LogP contribution >= 0.6 is 0 Å². The molecule has 0 bridgehead atoms. The Morgan fingerprint density at radius 3 is 3.12 bits per heavy atom. The van der Waals surface area contributed by atoms with E-state index in [0.717, 1.165) is 30.5 Å². The molecular formula is C12H15N3O. The van der Waals surface area contributed by atoms with Crippen LogP contribution in [0, 0.1) is 5.92 Å². The van der Waals surface area contributed by atoms with Gasteiger partial charge in [0.2, 0.25) is 0 Å². The van der Waals surface area contributed by atoms with Gasteiger partial charge in [0.15, 0.2) is 0 Å². The van der Waals surface area contributed by atoms with Crippen LogP contribution in [-0.2, 0) is 6.54 Å². The average Bonchev–Trinajstić information content (AvgIpc) is 2.69. The fraction of sp³-hybridized carbons (Fsp3) is 0.417. The lowest BCUT2D eigenvalue weighted by Gasteiger charge is -2.38. The molecule has 16 heavy (non-hydrogen) atoms. The van der Waals surface area contributed by atoms with Crippen LogP contribution in [0.4, 0.5) is 0 Å². The molecule has 0 aliphatic carbocycles. The first-order valence-corrected chi connectivity index (χ1v) is 5.60. The second-order valence-corrected chi connectivity index (χ2v) is 4.53. The van der Waals surface area contributed by atoms with E-state index in [9.17, 15) is 0 Å². The number of fused-ring (bicyclic) bond motifs is 1. The van der Waals surface area contributed by atoms with Crippen molar-refractivity contribution in [2.45, 2.75) is 6.54 Å². The minimum Gasteiger partial charge on any atom is -0.396 e. The summed E-state index contributed by atoms with van der Waals surface area (Å²) in [6.07, 6.45) is 1.84. The normalized spacial score (nSPS) is 17.8. The zero-order valence-corrected chi connectivity index (χ0v) is 9.06. The maximum absolute atomic E-state index is 8.94. The van der Waals surface area contributed by atoms with Crippen molar-refractivity contribution < 1.29 is 5.11 Å². The third-order valence-electron chi connectivity index (χ3n) is 3.20. The van der Waals surface area contributed by atoms with Crippen LogP contribution in [-0.4, -0.2) is 39.9 Å². The zero-order chi connectivity index (χ0) is 11.0. The van der Waals surface area contributed by atoms with Gasteiger partial charge in [-0.05, 0) is 11.6 Å². The van der Waals surface area contributed by atoms with Gasteiger partial charge in [-0.1, -0.05) is 12.1 Å². The van der Waals surface area contributed by atoms with E-state index < -0.39 is 0 Å². The molecule has 2 N–H and O–H groups in total. The van der Waals surface area contributed by atoms with Gasteiger partial charge in [0.1, 0.15) is 0 Å². The van der Waals surface area contributed by atoms with Gasteiger partial charge in [0.25, 0.3) is 0 Å². The first-order valence-electron chi connectivity index (χ1n) is 5.60. The van der Waals surface area contributed by atoms with Crippen molar-refractivity contribution in [3.05, 3.63) is 30.0 Å². The van der Waals surface area contributed by atoms with Gasteiger partial charge in [-0.2, -0.15) is 5.10 Å². The molecule has 4 heteroatoms. The number of H-pyrrole nitrogens is 1. The Kier molecular flexibility index (Phi) is 2.38. The summed E-state index contributed by atoms with van der Waals surface area (Å²) < 4.78 is 0. The number of rotatable bonds is 3. The zero-order valence-electron chi connectivity index (χ0n) is 9.06. The van der Waals surface area contributed by atoms with Gasteiger partial charge >= 0.3 is 0 Å². The molecule has 0 spiro atoms. The lowest BCUT2D eigenvalue weighted by atomic mass is 10.0. The molecule has 0 radical (unpaired) electrons. The number of nitrogens with one attached hydrogen (secondary N) is 1. The maximum Gasteiger partial charge on any atom is 0.0653 e. The van der Waals surface area contributed by atoms with Gasteiger partial charge in [-0.25, -0.2) is 0 Å². The molecule has 1 saturated heterocycles. The van der Waals surface area contributed by atoms with Crippen molar-refractivity contribution in [3.8, 4) is 0 Å². The topological polar surface area (TPSA) is 52.1 Å². The van der Waals surface area contributed by atoms with E-state index in [1.165, 1.54) is 5.56 Å². The van der Waals surface area contributed by atoms with Crippen LogP contribution < -0.4 is 0 Å². The largest absolute Gasteiger partial charge is 0.396 e. The van der Waals surface area contributed by atoms with Crippen molar-refractivity contribution in [2.24, 2.45) is 5.92 Å². The molecule has 1 aliphatic heterocycles. The number of benzene rings is 1. The van der Waals surface area contributed by atoms with Crippen LogP contribution in [0.25, 0.3) is 10.9 Å². The van der Waals surface area contributed by atoms with E-state index in [2.05, 4.69) is 33.3 Å². The van der Waals surface area contributed by atoms with Crippen molar-refractivity contribution in [3.63, 3.8) is 0 Å². The van der Waals surface area contributed by atoms with Crippen LogP contribution in [0.1, 0.15) is 5.56 Å². The number of aliphatic hydroxyl groups is 1. The summed E-state index contributed by atoms with van der Waals surface area (Å²) >= 11 is 0. The molecule has 0 atom stereocenters. The minimum absolute atomic E-state index is 0.316. The lowest BCUT2D eigenvalue weighted by Crippen LogP contribution is -2.47.